The standard InChI is InChI=1S/C61H42N2O/c1-61(2)52-26-13-11-23-48(52)49-34-33-45(37-53(49)61)62(42-20-7-4-8-21-42)43-29-31-44(32-30-43)63-54-35-28-41(47-25-15-19-39-16-9-10-22-46(39)47)36-51(54)59-55(63)38-57-60(50-24-12-14-27-56(50)64-57)58(59)40-17-5-3-6-18-40/h3-38H,1-2H3. The Balaban J connectivity index is 1.04. The molecule has 10 aromatic carbocycles. The van der Waals surface area contributed by atoms with E-state index >= 15 is 0 Å². The van der Waals surface area contributed by atoms with Gasteiger partial charge in [-0.2, -0.15) is 0 Å². The summed E-state index contributed by atoms with van der Waals surface area (Å²) in [5.74, 6) is 0. The highest BCUT2D eigenvalue weighted by Crippen LogP contribution is 2.51. The fourth-order valence-corrected chi connectivity index (χ4v) is 10.8. The lowest BCUT2D eigenvalue weighted by Crippen LogP contribution is -2.16. The molecule has 0 atom stereocenters. The molecule has 0 fully saturated rings. The molecule has 0 N–H and O–H groups in total. The van der Waals surface area contributed by atoms with Crippen molar-refractivity contribution in [2.24, 2.45) is 0 Å². The Bertz CT molecular complexity index is 3790. The molecule has 3 heteroatoms. The van der Waals surface area contributed by atoms with E-state index in [1.54, 1.807) is 0 Å². The first kappa shape index (κ1) is 36.5. The average molecular weight is 819 g/mol. The van der Waals surface area contributed by atoms with Gasteiger partial charge in [0.2, 0.25) is 0 Å². The molecule has 302 valence electrons. The van der Waals surface area contributed by atoms with Crippen LogP contribution < -0.4 is 4.90 Å². The summed E-state index contributed by atoms with van der Waals surface area (Å²) >= 11 is 0. The van der Waals surface area contributed by atoms with E-state index in [2.05, 4.69) is 242 Å². The number of anilines is 3. The Hall–Kier alpha value is -8.14. The van der Waals surface area contributed by atoms with Gasteiger partial charge in [0.25, 0.3) is 0 Å². The molecule has 64 heavy (non-hydrogen) atoms. The largest absolute Gasteiger partial charge is 0.456 e. The summed E-state index contributed by atoms with van der Waals surface area (Å²) in [6.45, 7) is 4.70. The molecule has 0 amide bonds. The number of para-hydroxylation sites is 2. The van der Waals surface area contributed by atoms with Crippen LogP contribution in [0, 0.1) is 0 Å². The van der Waals surface area contributed by atoms with Crippen molar-refractivity contribution in [2.75, 3.05) is 4.90 Å². The van der Waals surface area contributed by atoms with Gasteiger partial charge < -0.3 is 13.9 Å². The maximum atomic E-state index is 6.75. The number of aromatic nitrogens is 1. The van der Waals surface area contributed by atoms with Crippen molar-refractivity contribution >= 4 is 71.6 Å². The van der Waals surface area contributed by atoms with Gasteiger partial charge in [0.1, 0.15) is 11.2 Å². The fourth-order valence-electron chi connectivity index (χ4n) is 10.8. The summed E-state index contributed by atoms with van der Waals surface area (Å²) in [7, 11) is 0. The van der Waals surface area contributed by atoms with Crippen molar-refractivity contribution < 1.29 is 4.42 Å². The third-order valence-corrected chi connectivity index (χ3v) is 13.8. The van der Waals surface area contributed by atoms with Gasteiger partial charge in [0, 0.05) is 61.3 Å². The van der Waals surface area contributed by atoms with Gasteiger partial charge in [0.05, 0.1) is 11.0 Å². The van der Waals surface area contributed by atoms with Gasteiger partial charge in [-0.15, -0.1) is 0 Å². The smallest absolute Gasteiger partial charge is 0.138 e. The van der Waals surface area contributed by atoms with Crippen molar-refractivity contribution in [3.8, 4) is 39.1 Å². The molecule has 1 aliphatic rings. The summed E-state index contributed by atoms with van der Waals surface area (Å²) in [4.78, 5) is 2.39. The molecule has 0 aliphatic heterocycles. The second kappa shape index (κ2) is 13.9. The Morgan fingerprint density at radius 2 is 1.06 bits per heavy atom. The van der Waals surface area contributed by atoms with Crippen LogP contribution in [0.5, 0.6) is 0 Å². The van der Waals surface area contributed by atoms with E-state index in [4.69, 9.17) is 4.42 Å². The lowest BCUT2D eigenvalue weighted by atomic mass is 9.82. The maximum Gasteiger partial charge on any atom is 0.138 e. The number of furan rings is 1. The van der Waals surface area contributed by atoms with Gasteiger partial charge in [0.15, 0.2) is 0 Å². The number of hydrogen-bond donors (Lipinski definition) is 0. The summed E-state index contributed by atoms with van der Waals surface area (Å²) in [5.41, 5.74) is 18.4. The Kier molecular flexibility index (Phi) is 7.95. The predicted octanol–water partition coefficient (Wildman–Crippen LogP) is 16.9. The van der Waals surface area contributed by atoms with Crippen LogP contribution in [0.3, 0.4) is 0 Å². The predicted molar refractivity (Wildman–Crippen MR) is 269 cm³/mol. The van der Waals surface area contributed by atoms with E-state index in [0.29, 0.717) is 0 Å². The van der Waals surface area contributed by atoms with Crippen molar-refractivity contribution in [2.45, 2.75) is 19.3 Å². The van der Waals surface area contributed by atoms with Gasteiger partial charge >= 0.3 is 0 Å². The molecule has 13 rings (SSSR count). The van der Waals surface area contributed by atoms with Crippen LogP contribution in [0.25, 0.3) is 93.6 Å². The topological polar surface area (TPSA) is 21.3 Å². The van der Waals surface area contributed by atoms with E-state index in [0.717, 1.165) is 61.3 Å². The average Bonchev–Trinajstić information content (AvgIpc) is 3.96. The molecule has 2 aromatic heterocycles. The molecule has 1 aliphatic carbocycles. The molecule has 0 saturated carbocycles. The van der Waals surface area contributed by atoms with Gasteiger partial charge in [-0.25, -0.2) is 0 Å². The lowest BCUT2D eigenvalue weighted by Gasteiger charge is -2.28. The highest BCUT2D eigenvalue weighted by Gasteiger charge is 2.36. The van der Waals surface area contributed by atoms with Crippen molar-refractivity contribution in [3.05, 3.63) is 230 Å². The van der Waals surface area contributed by atoms with Crippen LogP contribution in [0.1, 0.15) is 25.0 Å². The van der Waals surface area contributed by atoms with Crippen LogP contribution in [-0.2, 0) is 5.41 Å². The highest BCUT2D eigenvalue weighted by molar-refractivity contribution is 6.27. The molecular weight excluding hydrogens is 777 g/mol. The molecular formula is C61H42N2O. The molecule has 0 radical (unpaired) electrons. The first-order valence-electron chi connectivity index (χ1n) is 22.2. The number of hydrogen-bond acceptors (Lipinski definition) is 2. The Morgan fingerprint density at radius 1 is 0.406 bits per heavy atom. The van der Waals surface area contributed by atoms with Crippen molar-refractivity contribution in [1.82, 2.24) is 4.57 Å². The van der Waals surface area contributed by atoms with Gasteiger partial charge in [-0.05, 0) is 116 Å². The summed E-state index contributed by atoms with van der Waals surface area (Å²) in [6, 6.07) is 79.6. The lowest BCUT2D eigenvalue weighted by molar-refractivity contribution is 0.660. The van der Waals surface area contributed by atoms with Crippen LogP contribution in [-0.4, -0.2) is 4.57 Å². The zero-order valence-electron chi connectivity index (χ0n) is 35.6. The summed E-state index contributed by atoms with van der Waals surface area (Å²) in [6.07, 6.45) is 0. The van der Waals surface area contributed by atoms with E-state index in [-0.39, 0.29) is 5.41 Å². The molecule has 0 bridgehead atoms. The van der Waals surface area contributed by atoms with E-state index in [1.165, 1.54) is 60.5 Å². The molecule has 0 saturated heterocycles. The Morgan fingerprint density at radius 3 is 1.91 bits per heavy atom. The van der Waals surface area contributed by atoms with E-state index < -0.39 is 0 Å². The fraction of sp³-hybridized carbons (Fsp3) is 0.0492. The normalized spacial score (nSPS) is 13.0. The molecule has 3 nitrogen and oxygen atoms in total. The first-order chi connectivity index (χ1) is 31.5. The van der Waals surface area contributed by atoms with Crippen LogP contribution in [0.15, 0.2) is 223 Å². The molecule has 2 heterocycles. The SMILES string of the molecule is CC1(C)c2ccccc2-c2ccc(N(c3ccccc3)c3ccc(-n4c5ccc(-c6cccc7ccccc67)cc5c5c(-c6ccccc6)c6c(cc54)oc4ccccc46)cc3)cc21. The van der Waals surface area contributed by atoms with Gasteiger partial charge in [-0.1, -0.05) is 159 Å². The highest BCUT2D eigenvalue weighted by atomic mass is 16.3. The summed E-state index contributed by atoms with van der Waals surface area (Å²) < 4.78 is 9.18. The minimum Gasteiger partial charge on any atom is -0.456 e. The second-order valence-electron chi connectivity index (χ2n) is 17.7. The number of rotatable bonds is 6. The second-order valence-corrected chi connectivity index (χ2v) is 17.7. The third kappa shape index (κ3) is 5.41. The quantitative estimate of drug-likeness (QED) is 0.167. The van der Waals surface area contributed by atoms with Crippen molar-refractivity contribution in [3.63, 3.8) is 0 Å². The zero-order chi connectivity index (χ0) is 42.5. The van der Waals surface area contributed by atoms with Gasteiger partial charge in [-0.3, -0.25) is 0 Å². The van der Waals surface area contributed by atoms with Crippen LogP contribution in [0.2, 0.25) is 0 Å². The maximum absolute atomic E-state index is 6.75. The van der Waals surface area contributed by atoms with Crippen molar-refractivity contribution in [1.29, 1.82) is 0 Å². The number of benzene rings is 10. The molecule has 0 spiro atoms. The first-order valence-corrected chi connectivity index (χ1v) is 22.2. The van der Waals surface area contributed by atoms with E-state index in [9.17, 15) is 0 Å². The molecule has 12 aromatic rings. The molecule has 0 unspecified atom stereocenters. The zero-order valence-corrected chi connectivity index (χ0v) is 35.6. The minimum absolute atomic E-state index is 0.109. The summed E-state index contributed by atoms with van der Waals surface area (Å²) in [5, 5.41) is 7.14. The number of nitrogens with zero attached hydrogens (tertiary/aromatic N) is 2. The number of fused-ring (bicyclic) bond motifs is 10. The van der Waals surface area contributed by atoms with Crippen LogP contribution >= 0.6 is 0 Å². The minimum atomic E-state index is -0.109. The van der Waals surface area contributed by atoms with E-state index in [1.807, 2.05) is 0 Å². The third-order valence-electron chi connectivity index (χ3n) is 13.8. The Labute approximate surface area is 371 Å². The van der Waals surface area contributed by atoms with Crippen LogP contribution in [0.4, 0.5) is 17.1 Å². The monoisotopic (exact) mass is 818 g/mol.